The largest absolute Gasteiger partial charge is 0.469 e. The summed E-state index contributed by atoms with van der Waals surface area (Å²) >= 11 is 1.58. The Hall–Kier alpha value is -1.82. The Morgan fingerprint density at radius 2 is 2.00 bits per heavy atom. The third kappa shape index (κ3) is 3.10. The van der Waals surface area contributed by atoms with E-state index >= 15 is 0 Å². The van der Waals surface area contributed by atoms with Gasteiger partial charge in [-0.25, -0.2) is 9.97 Å². The summed E-state index contributed by atoms with van der Waals surface area (Å²) in [6, 6.07) is 7.67. The second-order valence-electron chi connectivity index (χ2n) is 5.44. The van der Waals surface area contributed by atoms with E-state index in [4.69, 9.17) is 10.5 Å². The van der Waals surface area contributed by atoms with Crippen molar-refractivity contribution in [1.82, 2.24) is 9.97 Å². The van der Waals surface area contributed by atoms with Gasteiger partial charge < -0.3 is 10.5 Å². The third-order valence-electron chi connectivity index (χ3n) is 3.78. The molecule has 6 heteroatoms. The van der Waals surface area contributed by atoms with Crippen LogP contribution in [0, 0.1) is 5.41 Å². The number of thioether (sulfide) groups is 1. The molecule has 0 atom stereocenters. The predicted octanol–water partition coefficient (Wildman–Crippen LogP) is 2.65. The first-order valence-corrected chi connectivity index (χ1v) is 7.82. The molecule has 2 N–H and O–H groups in total. The molecule has 1 aliphatic carbocycles. The van der Waals surface area contributed by atoms with Crippen LogP contribution < -0.4 is 5.73 Å². The lowest BCUT2D eigenvalue weighted by molar-refractivity contribution is -0.141. The summed E-state index contributed by atoms with van der Waals surface area (Å²) in [5, 5.41) is 0.741. The van der Waals surface area contributed by atoms with Crippen LogP contribution in [0.1, 0.15) is 19.3 Å². The first kappa shape index (κ1) is 14.1. The lowest BCUT2D eigenvalue weighted by Gasteiger charge is -2.13. The molecule has 0 spiro atoms. The lowest BCUT2D eigenvalue weighted by atomic mass is 10.1. The zero-order chi connectivity index (χ0) is 14.9. The summed E-state index contributed by atoms with van der Waals surface area (Å²) in [5.74, 6) is 1.12. The van der Waals surface area contributed by atoms with E-state index in [1.54, 1.807) is 11.8 Å². The molecule has 0 amide bonds. The minimum atomic E-state index is -0.148. The predicted molar refractivity (Wildman–Crippen MR) is 83.0 cm³/mol. The highest BCUT2D eigenvalue weighted by molar-refractivity contribution is 7.99. The normalized spacial score (nSPS) is 15.9. The highest BCUT2D eigenvalue weighted by Crippen LogP contribution is 2.52. The summed E-state index contributed by atoms with van der Waals surface area (Å²) in [7, 11) is 1.43. The van der Waals surface area contributed by atoms with Crippen molar-refractivity contribution in [2.45, 2.75) is 24.3 Å². The van der Waals surface area contributed by atoms with Crippen molar-refractivity contribution in [1.29, 1.82) is 0 Å². The number of nitrogens with two attached hydrogens (primary N) is 1. The summed E-state index contributed by atoms with van der Waals surface area (Å²) in [4.78, 5) is 20.4. The molecule has 1 aliphatic rings. The maximum Gasteiger partial charge on any atom is 0.306 e. The number of hydrogen-bond acceptors (Lipinski definition) is 6. The van der Waals surface area contributed by atoms with Crippen LogP contribution >= 0.6 is 11.8 Å². The fraction of sp³-hybridized carbons (Fsp3) is 0.400. The monoisotopic (exact) mass is 303 g/mol. The maximum absolute atomic E-state index is 11.4. The van der Waals surface area contributed by atoms with Crippen LogP contribution in [0.25, 0.3) is 11.0 Å². The SMILES string of the molecule is COC(=O)CC1(CSc2nc3ccccc3nc2N)CC1. The maximum atomic E-state index is 11.4. The highest BCUT2D eigenvalue weighted by Gasteiger charge is 2.44. The van der Waals surface area contributed by atoms with Gasteiger partial charge in [-0.15, -0.1) is 11.8 Å². The van der Waals surface area contributed by atoms with Gasteiger partial charge in [0, 0.05) is 5.75 Å². The van der Waals surface area contributed by atoms with Crippen LogP contribution in [-0.2, 0) is 9.53 Å². The number of rotatable bonds is 5. The average molecular weight is 303 g/mol. The minimum Gasteiger partial charge on any atom is -0.469 e. The number of anilines is 1. The zero-order valence-electron chi connectivity index (χ0n) is 11.8. The summed E-state index contributed by atoms with van der Waals surface area (Å²) < 4.78 is 4.76. The molecule has 1 aromatic heterocycles. The number of carbonyl (C=O) groups is 1. The van der Waals surface area contributed by atoms with E-state index < -0.39 is 0 Å². The van der Waals surface area contributed by atoms with Gasteiger partial charge in [0.2, 0.25) is 0 Å². The van der Waals surface area contributed by atoms with Crippen molar-refractivity contribution in [3.8, 4) is 0 Å². The number of benzene rings is 1. The number of nitrogen functional groups attached to an aromatic ring is 1. The van der Waals surface area contributed by atoms with E-state index in [9.17, 15) is 4.79 Å². The molecule has 0 unspecified atom stereocenters. The van der Waals surface area contributed by atoms with Gasteiger partial charge in [0.25, 0.3) is 0 Å². The van der Waals surface area contributed by atoms with Gasteiger partial charge in [-0.1, -0.05) is 12.1 Å². The van der Waals surface area contributed by atoms with E-state index in [0.29, 0.717) is 12.2 Å². The number of aromatic nitrogens is 2. The van der Waals surface area contributed by atoms with Crippen molar-refractivity contribution >= 4 is 34.6 Å². The van der Waals surface area contributed by atoms with Crippen molar-refractivity contribution in [3.05, 3.63) is 24.3 Å². The van der Waals surface area contributed by atoms with E-state index in [-0.39, 0.29) is 11.4 Å². The number of esters is 1. The molecule has 3 rings (SSSR count). The van der Waals surface area contributed by atoms with Crippen LogP contribution in [0.5, 0.6) is 0 Å². The Kier molecular flexibility index (Phi) is 3.71. The van der Waals surface area contributed by atoms with E-state index in [1.165, 1.54) is 7.11 Å². The fourth-order valence-electron chi connectivity index (χ4n) is 2.25. The van der Waals surface area contributed by atoms with E-state index in [2.05, 4.69) is 9.97 Å². The van der Waals surface area contributed by atoms with Crippen molar-refractivity contribution in [2.75, 3.05) is 18.6 Å². The van der Waals surface area contributed by atoms with E-state index in [0.717, 1.165) is 34.7 Å². The second kappa shape index (κ2) is 5.52. The summed E-state index contributed by atoms with van der Waals surface area (Å²) in [6.07, 6.45) is 2.57. The zero-order valence-corrected chi connectivity index (χ0v) is 12.7. The Morgan fingerprint density at radius 3 is 2.62 bits per heavy atom. The van der Waals surface area contributed by atoms with Crippen LogP contribution in [0.15, 0.2) is 29.3 Å². The van der Waals surface area contributed by atoms with Gasteiger partial charge in [-0.2, -0.15) is 0 Å². The molecular weight excluding hydrogens is 286 g/mol. The first-order valence-electron chi connectivity index (χ1n) is 6.84. The number of nitrogens with zero attached hydrogens (tertiary/aromatic N) is 2. The number of hydrogen-bond donors (Lipinski definition) is 1. The smallest absolute Gasteiger partial charge is 0.306 e. The first-order chi connectivity index (χ1) is 10.1. The second-order valence-corrected chi connectivity index (χ2v) is 6.41. The van der Waals surface area contributed by atoms with Gasteiger partial charge in [-0.05, 0) is 30.4 Å². The van der Waals surface area contributed by atoms with E-state index in [1.807, 2.05) is 24.3 Å². The van der Waals surface area contributed by atoms with Crippen molar-refractivity contribution < 1.29 is 9.53 Å². The quantitative estimate of drug-likeness (QED) is 0.676. The average Bonchev–Trinajstić information content (AvgIpc) is 3.25. The summed E-state index contributed by atoms with van der Waals surface area (Å²) in [6.45, 7) is 0. The molecule has 5 nitrogen and oxygen atoms in total. The number of fused-ring (bicyclic) bond motifs is 1. The van der Waals surface area contributed by atoms with Gasteiger partial charge >= 0.3 is 5.97 Å². The Morgan fingerprint density at radius 1 is 1.33 bits per heavy atom. The molecule has 110 valence electrons. The number of methoxy groups -OCH3 is 1. The van der Waals surface area contributed by atoms with Gasteiger partial charge in [0.05, 0.1) is 24.6 Å². The van der Waals surface area contributed by atoms with Crippen LogP contribution in [0.3, 0.4) is 0 Å². The molecule has 0 saturated heterocycles. The highest BCUT2D eigenvalue weighted by atomic mass is 32.2. The molecule has 21 heavy (non-hydrogen) atoms. The Bertz CT molecular complexity index is 686. The molecule has 1 saturated carbocycles. The number of ether oxygens (including phenoxy) is 1. The Balaban J connectivity index is 1.73. The minimum absolute atomic E-state index is 0.0531. The van der Waals surface area contributed by atoms with Gasteiger partial charge in [0.15, 0.2) is 5.82 Å². The molecule has 1 aromatic carbocycles. The Labute approximate surface area is 127 Å². The number of carbonyl (C=O) groups excluding carboxylic acids is 1. The van der Waals surface area contributed by atoms with Crippen molar-refractivity contribution in [3.63, 3.8) is 0 Å². The molecule has 0 radical (unpaired) electrons. The summed E-state index contributed by atoms with van der Waals surface area (Å²) in [5.41, 5.74) is 7.67. The third-order valence-corrected chi connectivity index (χ3v) is 5.11. The molecule has 1 heterocycles. The molecular formula is C15H17N3O2S. The van der Waals surface area contributed by atoms with Crippen molar-refractivity contribution in [2.24, 2.45) is 5.41 Å². The van der Waals surface area contributed by atoms with Gasteiger partial charge in [-0.3, -0.25) is 4.79 Å². The lowest BCUT2D eigenvalue weighted by Crippen LogP contribution is -2.13. The molecule has 2 aromatic rings. The molecule has 1 fully saturated rings. The standard InChI is InChI=1S/C15H17N3O2S/c1-20-12(19)8-15(6-7-15)9-21-14-13(16)17-10-4-2-3-5-11(10)18-14/h2-5H,6-9H2,1H3,(H2,16,17). The van der Waals surface area contributed by atoms with Gasteiger partial charge in [0.1, 0.15) is 5.03 Å². The van der Waals surface area contributed by atoms with Crippen LogP contribution in [0.2, 0.25) is 0 Å². The molecule has 0 aliphatic heterocycles. The topological polar surface area (TPSA) is 78.1 Å². The van der Waals surface area contributed by atoms with Crippen LogP contribution in [0.4, 0.5) is 5.82 Å². The fourth-order valence-corrected chi connectivity index (χ4v) is 3.44. The van der Waals surface area contributed by atoms with Crippen LogP contribution in [-0.4, -0.2) is 28.8 Å². The number of para-hydroxylation sites is 2. The molecule has 0 bridgehead atoms.